The van der Waals surface area contributed by atoms with Crippen molar-refractivity contribution >= 4 is 29.3 Å². The van der Waals surface area contributed by atoms with Crippen LogP contribution >= 0.6 is 0 Å². The molecule has 5 N–H and O–H groups in total. The van der Waals surface area contributed by atoms with Crippen molar-refractivity contribution in [2.45, 2.75) is 25.4 Å². The van der Waals surface area contributed by atoms with Gasteiger partial charge in [0.05, 0.1) is 11.3 Å². The topological polar surface area (TPSA) is 178 Å². The highest BCUT2D eigenvalue weighted by atomic mass is 16.6. The van der Waals surface area contributed by atoms with Crippen molar-refractivity contribution in [1.29, 1.82) is 0 Å². The molecule has 0 aliphatic rings. The number of carboxylic acids is 1. The number of pyridine rings is 1. The summed E-state index contributed by atoms with van der Waals surface area (Å²) in [5, 5.41) is 24.2. The maximum atomic E-state index is 11.9. The first kappa shape index (κ1) is 17.8. The SMILES string of the molecule is CC(Nc1ccc([N+](=O)[O-])cn1)C(=O)NC(CC(N)=O)C(=O)O. The number of carbonyl (C=O) groups excluding carboxylic acids is 2. The Balaban J connectivity index is 2.67. The Labute approximate surface area is 130 Å². The van der Waals surface area contributed by atoms with Gasteiger partial charge in [-0.2, -0.15) is 0 Å². The van der Waals surface area contributed by atoms with Gasteiger partial charge in [0.15, 0.2) is 0 Å². The summed E-state index contributed by atoms with van der Waals surface area (Å²) in [6.07, 6.45) is 0.476. The average Bonchev–Trinajstić information content (AvgIpc) is 2.46. The molecular formula is C12H15N5O6. The van der Waals surface area contributed by atoms with E-state index in [4.69, 9.17) is 10.8 Å². The van der Waals surface area contributed by atoms with Gasteiger partial charge in [-0.1, -0.05) is 0 Å². The summed E-state index contributed by atoms with van der Waals surface area (Å²) in [4.78, 5) is 47.2. The monoisotopic (exact) mass is 325 g/mol. The molecule has 0 radical (unpaired) electrons. The zero-order valence-electron chi connectivity index (χ0n) is 12.1. The van der Waals surface area contributed by atoms with E-state index in [1.165, 1.54) is 19.1 Å². The summed E-state index contributed by atoms with van der Waals surface area (Å²) >= 11 is 0. The predicted octanol–water partition coefficient (Wildman–Crippen LogP) is -0.765. The van der Waals surface area contributed by atoms with Crippen LogP contribution in [0.1, 0.15) is 13.3 Å². The van der Waals surface area contributed by atoms with Gasteiger partial charge < -0.3 is 21.5 Å². The summed E-state index contributed by atoms with van der Waals surface area (Å²) in [6.45, 7) is 1.43. The van der Waals surface area contributed by atoms with E-state index in [9.17, 15) is 24.5 Å². The second-order valence-corrected chi connectivity index (χ2v) is 4.59. The minimum absolute atomic E-state index is 0.194. The molecule has 124 valence electrons. The Morgan fingerprint density at radius 3 is 2.52 bits per heavy atom. The maximum absolute atomic E-state index is 11.9. The average molecular weight is 325 g/mol. The standard InChI is InChI=1S/C12H15N5O6/c1-6(11(19)16-8(12(20)21)4-9(13)18)15-10-3-2-7(5-14-10)17(22)23/h2-3,5-6,8H,4H2,1H3,(H2,13,18)(H,14,15)(H,16,19)(H,20,21). The van der Waals surface area contributed by atoms with Crippen molar-refractivity contribution < 1.29 is 24.4 Å². The van der Waals surface area contributed by atoms with E-state index in [0.717, 1.165) is 6.20 Å². The fraction of sp³-hybridized carbons (Fsp3) is 0.333. The highest BCUT2D eigenvalue weighted by molar-refractivity contribution is 5.90. The first-order chi connectivity index (χ1) is 10.7. The fourth-order valence-corrected chi connectivity index (χ4v) is 1.56. The van der Waals surface area contributed by atoms with Crippen molar-refractivity contribution in [1.82, 2.24) is 10.3 Å². The van der Waals surface area contributed by atoms with Gasteiger partial charge in [-0.05, 0) is 13.0 Å². The highest BCUT2D eigenvalue weighted by Crippen LogP contribution is 2.12. The van der Waals surface area contributed by atoms with Crippen LogP contribution in [0.5, 0.6) is 0 Å². The first-order valence-electron chi connectivity index (χ1n) is 6.39. The van der Waals surface area contributed by atoms with Crippen LogP contribution in [0.3, 0.4) is 0 Å². The van der Waals surface area contributed by atoms with Crippen molar-refractivity contribution in [2.75, 3.05) is 5.32 Å². The van der Waals surface area contributed by atoms with Crippen LogP contribution in [-0.4, -0.2) is 44.9 Å². The minimum Gasteiger partial charge on any atom is -0.480 e. The first-order valence-corrected chi connectivity index (χ1v) is 6.39. The Hall–Kier alpha value is -3.24. The second kappa shape index (κ2) is 7.68. The molecule has 11 nitrogen and oxygen atoms in total. The van der Waals surface area contributed by atoms with Crippen molar-refractivity contribution in [3.05, 3.63) is 28.4 Å². The summed E-state index contributed by atoms with van der Waals surface area (Å²) in [6, 6.07) is 0.181. The molecule has 0 spiro atoms. The van der Waals surface area contributed by atoms with Crippen molar-refractivity contribution in [3.8, 4) is 0 Å². The van der Waals surface area contributed by atoms with Crippen LogP contribution in [0, 0.1) is 10.1 Å². The van der Waals surface area contributed by atoms with E-state index in [0.29, 0.717) is 0 Å². The van der Waals surface area contributed by atoms with Crippen LogP contribution in [0.2, 0.25) is 0 Å². The zero-order chi connectivity index (χ0) is 17.6. The van der Waals surface area contributed by atoms with Crippen LogP contribution in [0.15, 0.2) is 18.3 Å². The molecular weight excluding hydrogens is 310 g/mol. The number of aromatic nitrogens is 1. The molecule has 23 heavy (non-hydrogen) atoms. The third-order valence-corrected chi connectivity index (χ3v) is 2.74. The Morgan fingerprint density at radius 1 is 1.43 bits per heavy atom. The van der Waals surface area contributed by atoms with E-state index in [-0.39, 0.29) is 11.5 Å². The van der Waals surface area contributed by atoms with Gasteiger partial charge in [-0.3, -0.25) is 19.7 Å². The molecule has 11 heteroatoms. The number of amides is 2. The van der Waals surface area contributed by atoms with Crippen LogP contribution in [-0.2, 0) is 14.4 Å². The number of rotatable bonds is 8. The number of primary amides is 1. The number of aliphatic carboxylic acids is 1. The molecule has 1 aromatic rings. The molecule has 0 saturated heterocycles. The highest BCUT2D eigenvalue weighted by Gasteiger charge is 2.24. The molecule has 2 amide bonds. The van der Waals surface area contributed by atoms with Crippen LogP contribution in [0.25, 0.3) is 0 Å². The second-order valence-electron chi connectivity index (χ2n) is 4.59. The van der Waals surface area contributed by atoms with E-state index in [1.807, 2.05) is 0 Å². The Morgan fingerprint density at radius 2 is 2.09 bits per heavy atom. The molecule has 0 aromatic carbocycles. The molecule has 0 bridgehead atoms. The minimum atomic E-state index is -1.44. The number of carboxylic acid groups (broad SMARTS) is 1. The summed E-state index contributed by atoms with van der Waals surface area (Å²) < 4.78 is 0. The lowest BCUT2D eigenvalue weighted by Crippen LogP contribution is -2.48. The smallest absolute Gasteiger partial charge is 0.326 e. The lowest BCUT2D eigenvalue weighted by molar-refractivity contribution is -0.385. The van der Waals surface area contributed by atoms with Crippen molar-refractivity contribution in [2.24, 2.45) is 5.73 Å². The molecule has 1 heterocycles. The van der Waals surface area contributed by atoms with Gasteiger partial charge in [0, 0.05) is 6.07 Å². The summed E-state index contributed by atoms with van der Waals surface area (Å²) in [5.41, 5.74) is 4.70. The predicted molar refractivity (Wildman–Crippen MR) is 77.4 cm³/mol. The zero-order valence-corrected chi connectivity index (χ0v) is 12.1. The van der Waals surface area contributed by atoms with Gasteiger partial charge in [-0.15, -0.1) is 0 Å². The van der Waals surface area contributed by atoms with E-state index in [1.54, 1.807) is 0 Å². The number of hydrogen-bond donors (Lipinski definition) is 4. The summed E-state index contributed by atoms with van der Waals surface area (Å²) in [7, 11) is 0. The van der Waals surface area contributed by atoms with Gasteiger partial charge in [-0.25, -0.2) is 9.78 Å². The molecule has 0 fully saturated rings. The van der Waals surface area contributed by atoms with Gasteiger partial charge in [0.25, 0.3) is 5.69 Å². The van der Waals surface area contributed by atoms with Gasteiger partial charge in [0.2, 0.25) is 11.8 Å². The number of anilines is 1. The number of nitrogens with zero attached hydrogens (tertiary/aromatic N) is 2. The van der Waals surface area contributed by atoms with E-state index >= 15 is 0 Å². The van der Waals surface area contributed by atoms with Gasteiger partial charge >= 0.3 is 5.97 Å². The molecule has 2 atom stereocenters. The summed E-state index contributed by atoms with van der Waals surface area (Å²) in [5.74, 6) is -2.76. The molecule has 0 aliphatic heterocycles. The lowest BCUT2D eigenvalue weighted by atomic mass is 10.2. The fourth-order valence-electron chi connectivity index (χ4n) is 1.56. The number of carbonyl (C=O) groups is 3. The molecule has 1 aromatic heterocycles. The largest absolute Gasteiger partial charge is 0.480 e. The molecule has 1 rings (SSSR count). The van der Waals surface area contributed by atoms with Gasteiger partial charge in [0.1, 0.15) is 24.1 Å². The Bertz CT molecular complexity index is 617. The van der Waals surface area contributed by atoms with E-state index in [2.05, 4.69) is 15.6 Å². The Kier molecular flexibility index (Phi) is 5.95. The van der Waals surface area contributed by atoms with Crippen LogP contribution < -0.4 is 16.4 Å². The number of nitrogens with one attached hydrogen (secondary N) is 2. The number of hydrogen-bond acceptors (Lipinski definition) is 7. The maximum Gasteiger partial charge on any atom is 0.326 e. The third kappa shape index (κ3) is 5.57. The molecule has 2 unspecified atom stereocenters. The number of nitro groups is 1. The lowest BCUT2D eigenvalue weighted by Gasteiger charge is -2.18. The third-order valence-electron chi connectivity index (χ3n) is 2.74. The number of nitrogens with two attached hydrogens (primary N) is 1. The normalized spacial score (nSPS) is 12.7. The molecule has 0 aliphatic carbocycles. The van der Waals surface area contributed by atoms with Crippen molar-refractivity contribution in [3.63, 3.8) is 0 Å². The quantitative estimate of drug-likeness (QED) is 0.355. The molecule has 0 saturated carbocycles. The van der Waals surface area contributed by atoms with E-state index < -0.39 is 41.2 Å². The van der Waals surface area contributed by atoms with Crippen LogP contribution in [0.4, 0.5) is 11.5 Å².